The fraction of sp³-hybridized carbons (Fsp3) is 0.600. The molecule has 1 aromatic heterocycles. The molecular weight excluding hydrogens is 212 g/mol. The number of aromatic nitrogens is 2. The molecule has 2 rings (SSSR count). The molecule has 1 heterocycles. The molecule has 0 aromatic carbocycles. The molecule has 15 heavy (non-hydrogen) atoms. The van der Waals surface area contributed by atoms with Crippen LogP contribution in [0.25, 0.3) is 0 Å². The lowest BCUT2D eigenvalue weighted by atomic mass is 9.80. The predicted octanol–water partition coefficient (Wildman–Crippen LogP) is 2.31. The second kappa shape index (κ2) is 4.23. The Kier molecular flexibility index (Phi) is 2.95. The van der Waals surface area contributed by atoms with E-state index in [4.69, 9.17) is 17.3 Å². The molecule has 0 bridgehead atoms. The van der Waals surface area contributed by atoms with Gasteiger partial charge < -0.3 is 11.1 Å². The third kappa shape index (κ3) is 2.15. The molecule has 1 aliphatic carbocycles. The summed E-state index contributed by atoms with van der Waals surface area (Å²) in [6, 6.07) is 0.394. The summed E-state index contributed by atoms with van der Waals surface area (Å²) in [6.07, 6.45) is 5.33. The highest BCUT2D eigenvalue weighted by molar-refractivity contribution is 6.35. The molecule has 4 nitrogen and oxygen atoms in total. The summed E-state index contributed by atoms with van der Waals surface area (Å²) in [5, 5.41) is 3.71. The van der Waals surface area contributed by atoms with Crippen molar-refractivity contribution in [1.82, 2.24) is 9.97 Å². The summed E-state index contributed by atoms with van der Waals surface area (Å²) >= 11 is 5.99. The smallest absolute Gasteiger partial charge is 0.150 e. The van der Waals surface area contributed by atoms with Crippen LogP contribution in [0.4, 0.5) is 11.6 Å². The molecule has 0 saturated heterocycles. The molecule has 3 N–H and O–H groups in total. The highest BCUT2D eigenvalue weighted by atomic mass is 35.5. The van der Waals surface area contributed by atoms with Crippen molar-refractivity contribution in [3.8, 4) is 0 Å². The lowest BCUT2D eigenvalue weighted by Gasteiger charge is -2.32. The van der Waals surface area contributed by atoms with E-state index >= 15 is 0 Å². The predicted molar refractivity (Wildman–Crippen MR) is 61.9 cm³/mol. The van der Waals surface area contributed by atoms with Crippen molar-refractivity contribution in [3.05, 3.63) is 11.3 Å². The SMILES string of the molecule is CC(Nc1ncnc(N)c1Cl)C1CCC1. The summed E-state index contributed by atoms with van der Waals surface area (Å²) in [5.41, 5.74) is 5.60. The van der Waals surface area contributed by atoms with E-state index in [2.05, 4.69) is 22.2 Å². The number of nitrogens with one attached hydrogen (secondary N) is 1. The molecule has 0 spiro atoms. The summed E-state index contributed by atoms with van der Waals surface area (Å²) in [6.45, 7) is 2.15. The number of anilines is 2. The molecule has 0 radical (unpaired) electrons. The van der Waals surface area contributed by atoms with E-state index in [0.29, 0.717) is 22.7 Å². The lowest BCUT2D eigenvalue weighted by Crippen LogP contribution is -2.31. The Hall–Kier alpha value is -1.03. The largest absolute Gasteiger partial charge is 0.382 e. The van der Waals surface area contributed by atoms with Crippen LogP contribution >= 0.6 is 11.6 Å². The Bertz CT molecular complexity index is 351. The summed E-state index contributed by atoms with van der Waals surface area (Å²) in [7, 11) is 0. The van der Waals surface area contributed by atoms with Gasteiger partial charge in [0.1, 0.15) is 17.2 Å². The maximum Gasteiger partial charge on any atom is 0.150 e. The van der Waals surface area contributed by atoms with Gasteiger partial charge in [0.15, 0.2) is 5.82 Å². The summed E-state index contributed by atoms with van der Waals surface area (Å²) in [4.78, 5) is 7.91. The highest BCUT2D eigenvalue weighted by Crippen LogP contribution is 2.32. The first-order valence-corrected chi connectivity index (χ1v) is 5.59. The van der Waals surface area contributed by atoms with E-state index in [9.17, 15) is 0 Å². The molecule has 82 valence electrons. The minimum atomic E-state index is 0.329. The van der Waals surface area contributed by atoms with Crippen LogP contribution in [-0.2, 0) is 0 Å². The Labute approximate surface area is 94.2 Å². The zero-order chi connectivity index (χ0) is 10.8. The number of halogens is 1. The van der Waals surface area contributed by atoms with Crippen LogP contribution in [0.5, 0.6) is 0 Å². The molecule has 0 aliphatic heterocycles. The lowest BCUT2D eigenvalue weighted by molar-refractivity contribution is 0.285. The fourth-order valence-electron chi connectivity index (χ4n) is 1.76. The normalized spacial score (nSPS) is 18.3. The number of nitrogen functional groups attached to an aromatic ring is 1. The van der Waals surface area contributed by atoms with E-state index in [1.54, 1.807) is 0 Å². The van der Waals surface area contributed by atoms with Gasteiger partial charge in [-0.3, -0.25) is 0 Å². The zero-order valence-corrected chi connectivity index (χ0v) is 9.46. The Balaban J connectivity index is 2.06. The van der Waals surface area contributed by atoms with Crippen molar-refractivity contribution in [3.63, 3.8) is 0 Å². The van der Waals surface area contributed by atoms with Crippen LogP contribution < -0.4 is 11.1 Å². The Morgan fingerprint density at radius 2 is 2.27 bits per heavy atom. The second-order valence-corrected chi connectivity index (χ2v) is 4.42. The van der Waals surface area contributed by atoms with Crippen LogP contribution in [0.1, 0.15) is 26.2 Å². The molecule has 0 amide bonds. The summed E-state index contributed by atoms with van der Waals surface area (Å²) in [5.74, 6) is 1.70. The van der Waals surface area contributed by atoms with E-state index in [1.807, 2.05) is 0 Å². The van der Waals surface area contributed by atoms with Crippen molar-refractivity contribution in [2.45, 2.75) is 32.2 Å². The van der Waals surface area contributed by atoms with E-state index in [0.717, 1.165) is 5.92 Å². The molecular formula is C10H15ClN4. The van der Waals surface area contributed by atoms with Gasteiger partial charge in [-0.15, -0.1) is 0 Å². The first-order chi connectivity index (χ1) is 7.18. The minimum absolute atomic E-state index is 0.329. The molecule has 1 fully saturated rings. The first-order valence-electron chi connectivity index (χ1n) is 5.21. The highest BCUT2D eigenvalue weighted by Gasteiger charge is 2.24. The standard InChI is InChI=1S/C10H15ClN4/c1-6(7-3-2-4-7)15-10-8(11)9(12)13-5-14-10/h5-7H,2-4H2,1H3,(H3,12,13,14,15). The van der Waals surface area contributed by atoms with Gasteiger partial charge in [0.25, 0.3) is 0 Å². The van der Waals surface area contributed by atoms with Gasteiger partial charge in [-0.1, -0.05) is 18.0 Å². The van der Waals surface area contributed by atoms with E-state index in [1.165, 1.54) is 25.6 Å². The van der Waals surface area contributed by atoms with Gasteiger partial charge in [0.2, 0.25) is 0 Å². The molecule has 1 unspecified atom stereocenters. The van der Waals surface area contributed by atoms with Crippen molar-refractivity contribution in [1.29, 1.82) is 0 Å². The van der Waals surface area contributed by atoms with Crippen LogP contribution in [-0.4, -0.2) is 16.0 Å². The number of nitrogens with zero attached hydrogens (tertiary/aromatic N) is 2. The second-order valence-electron chi connectivity index (χ2n) is 4.05. The van der Waals surface area contributed by atoms with Crippen molar-refractivity contribution in [2.75, 3.05) is 11.1 Å². The average Bonchev–Trinajstić information content (AvgIpc) is 2.10. The van der Waals surface area contributed by atoms with Crippen LogP contribution in [0.15, 0.2) is 6.33 Å². The maximum atomic E-state index is 5.99. The number of nitrogens with two attached hydrogens (primary N) is 1. The number of hydrogen-bond acceptors (Lipinski definition) is 4. The van der Waals surface area contributed by atoms with E-state index in [-0.39, 0.29) is 0 Å². The zero-order valence-electron chi connectivity index (χ0n) is 8.70. The molecule has 1 saturated carbocycles. The summed E-state index contributed by atoms with van der Waals surface area (Å²) < 4.78 is 0. The third-order valence-corrected chi connectivity index (χ3v) is 3.41. The van der Waals surface area contributed by atoms with Crippen LogP contribution in [0.2, 0.25) is 5.02 Å². The van der Waals surface area contributed by atoms with Crippen molar-refractivity contribution in [2.24, 2.45) is 5.92 Å². The van der Waals surface area contributed by atoms with Gasteiger partial charge in [-0.25, -0.2) is 9.97 Å². The minimum Gasteiger partial charge on any atom is -0.382 e. The molecule has 5 heteroatoms. The van der Waals surface area contributed by atoms with Gasteiger partial charge in [0, 0.05) is 6.04 Å². The Morgan fingerprint density at radius 1 is 1.53 bits per heavy atom. The number of hydrogen-bond donors (Lipinski definition) is 2. The van der Waals surface area contributed by atoms with Crippen molar-refractivity contribution < 1.29 is 0 Å². The van der Waals surface area contributed by atoms with Gasteiger partial charge >= 0.3 is 0 Å². The van der Waals surface area contributed by atoms with Crippen LogP contribution in [0.3, 0.4) is 0 Å². The van der Waals surface area contributed by atoms with Crippen LogP contribution in [0, 0.1) is 5.92 Å². The topological polar surface area (TPSA) is 63.8 Å². The first kappa shape index (κ1) is 10.5. The average molecular weight is 227 g/mol. The molecule has 1 aromatic rings. The molecule has 1 atom stereocenters. The van der Waals surface area contributed by atoms with Gasteiger partial charge in [0.05, 0.1) is 0 Å². The quantitative estimate of drug-likeness (QED) is 0.830. The Morgan fingerprint density at radius 3 is 2.87 bits per heavy atom. The molecule has 1 aliphatic rings. The number of rotatable bonds is 3. The third-order valence-electron chi connectivity index (χ3n) is 3.04. The van der Waals surface area contributed by atoms with Crippen molar-refractivity contribution >= 4 is 23.2 Å². The van der Waals surface area contributed by atoms with Gasteiger partial charge in [-0.2, -0.15) is 0 Å². The maximum absolute atomic E-state index is 5.99. The monoisotopic (exact) mass is 226 g/mol. The van der Waals surface area contributed by atoms with Gasteiger partial charge in [-0.05, 0) is 25.7 Å². The van der Waals surface area contributed by atoms with E-state index < -0.39 is 0 Å². The fourth-order valence-corrected chi connectivity index (χ4v) is 1.91.